The number of ether oxygens (including phenoxy) is 2. The number of halogens is 1. The molecule has 5 heteroatoms. The molecule has 118 valence electrons. The van der Waals surface area contributed by atoms with Crippen molar-refractivity contribution in [2.75, 3.05) is 19.8 Å². The summed E-state index contributed by atoms with van der Waals surface area (Å²) in [4.78, 5) is 12.0. The van der Waals surface area contributed by atoms with E-state index in [1.54, 1.807) is 6.92 Å². The smallest absolute Gasteiger partial charge is 0.249 e. The number of amides is 1. The van der Waals surface area contributed by atoms with Crippen LogP contribution in [0.2, 0.25) is 5.02 Å². The Bertz CT molecular complexity index is 439. The lowest BCUT2D eigenvalue weighted by Crippen LogP contribution is -2.41. The summed E-state index contributed by atoms with van der Waals surface area (Å²) in [6, 6.07) is 7.67. The highest BCUT2D eigenvalue weighted by Crippen LogP contribution is 2.12. The molecule has 0 aliphatic carbocycles. The Morgan fingerprint density at radius 1 is 1.33 bits per heavy atom. The van der Waals surface area contributed by atoms with E-state index in [0.717, 1.165) is 12.0 Å². The average Bonchev–Trinajstić information content (AvgIpc) is 2.43. The zero-order valence-corrected chi connectivity index (χ0v) is 13.7. The molecule has 1 N–H and O–H groups in total. The van der Waals surface area contributed by atoms with Crippen molar-refractivity contribution >= 4 is 17.5 Å². The minimum absolute atomic E-state index is 0.0221. The lowest BCUT2D eigenvalue weighted by Gasteiger charge is -2.18. The third-order valence-corrected chi connectivity index (χ3v) is 3.22. The van der Waals surface area contributed by atoms with E-state index in [0.29, 0.717) is 24.8 Å². The fourth-order valence-electron chi connectivity index (χ4n) is 1.93. The first-order valence-corrected chi connectivity index (χ1v) is 7.65. The van der Waals surface area contributed by atoms with E-state index < -0.39 is 6.10 Å². The van der Waals surface area contributed by atoms with E-state index in [1.807, 2.05) is 38.1 Å². The van der Waals surface area contributed by atoms with Gasteiger partial charge in [0.2, 0.25) is 5.91 Å². The normalized spacial score (nSPS) is 13.7. The van der Waals surface area contributed by atoms with Crippen LogP contribution in [0.3, 0.4) is 0 Å². The molecule has 0 radical (unpaired) electrons. The number of rotatable bonds is 9. The molecule has 0 aliphatic heterocycles. The third kappa shape index (κ3) is 7.46. The van der Waals surface area contributed by atoms with Crippen molar-refractivity contribution < 1.29 is 14.3 Å². The fraction of sp³-hybridized carbons (Fsp3) is 0.562. The molecule has 0 heterocycles. The summed E-state index contributed by atoms with van der Waals surface area (Å²) < 4.78 is 10.6. The Morgan fingerprint density at radius 3 is 2.76 bits per heavy atom. The fourth-order valence-corrected chi connectivity index (χ4v) is 2.15. The van der Waals surface area contributed by atoms with Crippen LogP contribution >= 0.6 is 11.6 Å². The molecular weight excluding hydrogens is 290 g/mol. The van der Waals surface area contributed by atoms with Crippen molar-refractivity contribution in [2.24, 2.45) is 0 Å². The van der Waals surface area contributed by atoms with Crippen LogP contribution in [-0.2, 0) is 20.7 Å². The molecule has 4 nitrogen and oxygen atoms in total. The molecule has 0 spiro atoms. The maximum atomic E-state index is 12.0. The van der Waals surface area contributed by atoms with E-state index >= 15 is 0 Å². The summed E-state index contributed by atoms with van der Waals surface area (Å²) in [6.07, 6.45) is 0.255. The highest BCUT2D eigenvalue weighted by atomic mass is 35.5. The number of hydrogen-bond acceptors (Lipinski definition) is 3. The third-order valence-electron chi connectivity index (χ3n) is 2.99. The van der Waals surface area contributed by atoms with Crippen molar-refractivity contribution in [3.63, 3.8) is 0 Å². The van der Waals surface area contributed by atoms with Gasteiger partial charge in [0, 0.05) is 17.7 Å². The summed E-state index contributed by atoms with van der Waals surface area (Å²) in [6.45, 7) is 7.21. The molecule has 1 aromatic rings. The monoisotopic (exact) mass is 313 g/mol. The van der Waals surface area contributed by atoms with Crippen molar-refractivity contribution in [1.29, 1.82) is 0 Å². The van der Waals surface area contributed by atoms with Gasteiger partial charge in [0.15, 0.2) is 0 Å². The number of hydrogen-bond donors (Lipinski definition) is 1. The maximum absolute atomic E-state index is 12.0. The predicted octanol–water partition coefficient (Wildman–Crippen LogP) is 2.83. The van der Waals surface area contributed by atoms with Gasteiger partial charge < -0.3 is 14.8 Å². The second-order valence-electron chi connectivity index (χ2n) is 4.95. The van der Waals surface area contributed by atoms with Gasteiger partial charge in [-0.2, -0.15) is 0 Å². The molecule has 2 atom stereocenters. The van der Waals surface area contributed by atoms with E-state index in [1.165, 1.54) is 0 Å². The van der Waals surface area contributed by atoms with Gasteiger partial charge in [-0.05, 0) is 44.9 Å². The minimum Gasteiger partial charge on any atom is -0.379 e. The molecule has 1 rings (SSSR count). The summed E-state index contributed by atoms with van der Waals surface area (Å²) in [5.74, 6) is -0.110. The Hall–Kier alpha value is -1.10. The molecular formula is C16H24ClNO3. The first-order chi connectivity index (χ1) is 10.0. The summed E-state index contributed by atoms with van der Waals surface area (Å²) in [5.41, 5.74) is 1.10. The van der Waals surface area contributed by atoms with Crippen LogP contribution in [0.15, 0.2) is 24.3 Å². The largest absolute Gasteiger partial charge is 0.379 e. The summed E-state index contributed by atoms with van der Waals surface area (Å²) in [5, 5.41) is 3.65. The number of benzene rings is 1. The van der Waals surface area contributed by atoms with Gasteiger partial charge >= 0.3 is 0 Å². The van der Waals surface area contributed by atoms with Gasteiger partial charge in [0.05, 0.1) is 13.2 Å². The van der Waals surface area contributed by atoms with Crippen molar-refractivity contribution in [2.45, 2.75) is 39.3 Å². The Balaban J connectivity index is 2.32. The molecule has 0 saturated heterocycles. The van der Waals surface area contributed by atoms with E-state index in [4.69, 9.17) is 21.1 Å². The first kappa shape index (κ1) is 18.0. The molecule has 21 heavy (non-hydrogen) atoms. The molecule has 0 bridgehead atoms. The van der Waals surface area contributed by atoms with Gasteiger partial charge in [0.1, 0.15) is 6.10 Å². The molecule has 0 aliphatic rings. The predicted molar refractivity (Wildman–Crippen MR) is 84.7 cm³/mol. The van der Waals surface area contributed by atoms with Gasteiger partial charge in [0.25, 0.3) is 0 Å². The average molecular weight is 314 g/mol. The molecule has 0 fully saturated rings. The second-order valence-corrected chi connectivity index (χ2v) is 5.39. The van der Waals surface area contributed by atoms with Crippen molar-refractivity contribution in [1.82, 2.24) is 5.32 Å². The zero-order chi connectivity index (χ0) is 15.7. The van der Waals surface area contributed by atoms with Gasteiger partial charge in [-0.3, -0.25) is 4.79 Å². The highest BCUT2D eigenvalue weighted by Gasteiger charge is 2.15. The lowest BCUT2D eigenvalue weighted by atomic mass is 10.1. The van der Waals surface area contributed by atoms with Crippen molar-refractivity contribution in [3.05, 3.63) is 34.9 Å². The number of nitrogens with one attached hydrogen (secondary N) is 1. The van der Waals surface area contributed by atoms with Crippen molar-refractivity contribution in [3.8, 4) is 0 Å². The Kier molecular flexibility index (Phi) is 8.35. The molecule has 2 unspecified atom stereocenters. The molecule has 1 amide bonds. The summed E-state index contributed by atoms with van der Waals surface area (Å²) in [7, 11) is 0. The molecule has 0 aromatic heterocycles. The topological polar surface area (TPSA) is 47.6 Å². The van der Waals surface area contributed by atoms with E-state index in [9.17, 15) is 4.79 Å². The van der Waals surface area contributed by atoms with Crippen LogP contribution in [0.5, 0.6) is 0 Å². The number of carbonyl (C=O) groups is 1. The quantitative estimate of drug-likeness (QED) is 0.713. The van der Waals surface area contributed by atoms with E-state index in [-0.39, 0.29) is 11.9 Å². The van der Waals surface area contributed by atoms with Crippen LogP contribution in [0.4, 0.5) is 0 Å². The lowest BCUT2D eigenvalue weighted by molar-refractivity contribution is -0.133. The van der Waals surface area contributed by atoms with Crippen LogP contribution in [0, 0.1) is 0 Å². The maximum Gasteiger partial charge on any atom is 0.249 e. The van der Waals surface area contributed by atoms with Crippen LogP contribution in [0.1, 0.15) is 26.3 Å². The zero-order valence-electron chi connectivity index (χ0n) is 12.9. The SMILES string of the molecule is CCOCCOC(C)C(=O)NC(C)Cc1cccc(Cl)c1. The number of carbonyl (C=O) groups excluding carboxylic acids is 1. The Labute approximate surface area is 131 Å². The van der Waals surface area contributed by atoms with Crippen LogP contribution in [0.25, 0.3) is 0 Å². The van der Waals surface area contributed by atoms with Crippen LogP contribution < -0.4 is 5.32 Å². The Morgan fingerprint density at radius 2 is 2.10 bits per heavy atom. The van der Waals surface area contributed by atoms with Gasteiger partial charge in [-0.25, -0.2) is 0 Å². The minimum atomic E-state index is -0.479. The van der Waals surface area contributed by atoms with E-state index in [2.05, 4.69) is 5.32 Å². The first-order valence-electron chi connectivity index (χ1n) is 7.27. The summed E-state index contributed by atoms with van der Waals surface area (Å²) >= 11 is 5.95. The molecule has 0 saturated carbocycles. The molecule has 1 aromatic carbocycles. The second kappa shape index (κ2) is 9.77. The van der Waals surface area contributed by atoms with Gasteiger partial charge in [-0.15, -0.1) is 0 Å². The van der Waals surface area contributed by atoms with Crippen LogP contribution in [-0.4, -0.2) is 37.9 Å². The highest BCUT2D eigenvalue weighted by molar-refractivity contribution is 6.30. The standard InChI is InChI=1S/C16H24ClNO3/c1-4-20-8-9-21-13(3)16(19)18-12(2)10-14-6-5-7-15(17)11-14/h5-7,11-13H,4,8-10H2,1-3H3,(H,18,19). The van der Waals surface area contributed by atoms with Gasteiger partial charge in [-0.1, -0.05) is 23.7 Å².